The smallest absolute Gasteiger partial charge is 0.324 e. The van der Waals surface area contributed by atoms with Gasteiger partial charge in [0.1, 0.15) is 16.7 Å². The summed E-state index contributed by atoms with van der Waals surface area (Å²) in [5, 5.41) is 0. The van der Waals surface area contributed by atoms with Crippen LogP contribution in [0.2, 0.25) is 0 Å². The molecule has 0 aromatic heterocycles. The zero-order valence-electron chi connectivity index (χ0n) is 12.1. The van der Waals surface area contributed by atoms with Gasteiger partial charge in [0.2, 0.25) is 10.0 Å². The number of piperidine rings is 1. The Morgan fingerprint density at radius 3 is 2.62 bits per heavy atom. The van der Waals surface area contributed by atoms with Crippen molar-refractivity contribution in [1.29, 1.82) is 0 Å². The van der Waals surface area contributed by atoms with Gasteiger partial charge in [-0.05, 0) is 31.4 Å². The molecule has 1 aromatic rings. The Morgan fingerprint density at radius 1 is 1.24 bits per heavy atom. The van der Waals surface area contributed by atoms with Crippen LogP contribution in [0, 0.1) is 0 Å². The monoisotopic (exact) mass is 313 g/mol. The predicted molar refractivity (Wildman–Crippen MR) is 76.5 cm³/mol. The largest absolute Gasteiger partial charge is 0.495 e. The second kappa shape index (κ2) is 6.44. The molecule has 1 saturated heterocycles. The van der Waals surface area contributed by atoms with Crippen LogP contribution in [0.15, 0.2) is 29.2 Å². The molecule has 0 radical (unpaired) electrons. The van der Waals surface area contributed by atoms with Gasteiger partial charge in [0.25, 0.3) is 0 Å². The standard InChI is InChI=1S/C14H19NO5S/c1-19-12-8-3-4-9-13(12)21(17,18)15-10-6-5-7-11(15)14(16)20-2/h3-4,8-9,11H,5-7,10H2,1-2H3/t11-/m1/s1. The van der Waals surface area contributed by atoms with Crippen molar-refractivity contribution in [3.05, 3.63) is 24.3 Å². The molecular formula is C14H19NO5S. The van der Waals surface area contributed by atoms with Gasteiger partial charge in [-0.2, -0.15) is 4.31 Å². The minimum atomic E-state index is -3.80. The van der Waals surface area contributed by atoms with Gasteiger partial charge in [0, 0.05) is 6.54 Å². The highest BCUT2D eigenvalue weighted by Crippen LogP contribution is 2.31. The van der Waals surface area contributed by atoms with E-state index in [1.807, 2.05) is 0 Å². The lowest BCUT2D eigenvalue weighted by molar-refractivity contribution is -0.146. The van der Waals surface area contributed by atoms with Crippen molar-refractivity contribution in [1.82, 2.24) is 4.31 Å². The Kier molecular flexibility index (Phi) is 4.84. The number of rotatable bonds is 4. The van der Waals surface area contributed by atoms with Crippen molar-refractivity contribution in [3.8, 4) is 5.75 Å². The fraction of sp³-hybridized carbons (Fsp3) is 0.500. The van der Waals surface area contributed by atoms with Crippen molar-refractivity contribution < 1.29 is 22.7 Å². The number of nitrogens with zero attached hydrogens (tertiary/aromatic N) is 1. The van der Waals surface area contributed by atoms with E-state index in [-0.39, 0.29) is 10.6 Å². The van der Waals surface area contributed by atoms with Crippen LogP contribution >= 0.6 is 0 Å². The van der Waals surface area contributed by atoms with E-state index in [1.165, 1.54) is 24.6 Å². The van der Waals surface area contributed by atoms with Gasteiger partial charge in [-0.3, -0.25) is 4.79 Å². The Labute approximate surface area is 124 Å². The summed E-state index contributed by atoms with van der Waals surface area (Å²) in [6, 6.07) is 5.64. The maximum atomic E-state index is 12.8. The van der Waals surface area contributed by atoms with Crippen LogP contribution in [0.3, 0.4) is 0 Å². The van der Waals surface area contributed by atoms with Crippen LogP contribution in [0.5, 0.6) is 5.75 Å². The minimum absolute atomic E-state index is 0.0725. The second-order valence-electron chi connectivity index (χ2n) is 4.80. The number of carbonyl (C=O) groups excluding carboxylic acids is 1. The third-order valence-corrected chi connectivity index (χ3v) is 5.53. The van der Waals surface area contributed by atoms with Gasteiger partial charge >= 0.3 is 5.97 Å². The molecule has 0 saturated carbocycles. The quantitative estimate of drug-likeness (QED) is 0.786. The number of para-hydroxylation sites is 1. The maximum Gasteiger partial charge on any atom is 0.324 e. The Bertz CT molecular complexity index is 614. The van der Waals surface area contributed by atoms with E-state index in [0.29, 0.717) is 13.0 Å². The van der Waals surface area contributed by atoms with E-state index >= 15 is 0 Å². The summed E-state index contributed by atoms with van der Waals surface area (Å²) < 4.78 is 36.7. The normalized spacial score (nSPS) is 20.0. The number of sulfonamides is 1. The number of hydrogen-bond donors (Lipinski definition) is 0. The molecule has 1 atom stereocenters. The highest BCUT2D eigenvalue weighted by Gasteiger charge is 2.39. The molecule has 1 fully saturated rings. The van der Waals surface area contributed by atoms with Crippen LogP contribution in [-0.2, 0) is 19.6 Å². The summed E-state index contributed by atoms with van der Waals surface area (Å²) in [7, 11) is -1.11. The number of esters is 1. The summed E-state index contributed by atoms with van der Waals surface area (Å²) in [6.07, 6.45) is 2.00. The highest BCUT2D eigenvalue weighted by atomic mass is 32.2. The first-order chi connectivity index (χ1) is 10.0. The Morgan fingerprint density at radius 2 is 1.95 bits per heavy atom. The molecule has 7 heteroatoms. The lowest BCUT2D eigenvalue weighted by Gasteiger charge is -2.32. The first-order valence-corrected chi connectivity index (χ1v) is 8.19. The van der Waals surface area contributed by atoms with Crippen LogP contribution in [-0.4, -0.2) is 45.5 Å². The van der Waals surface area contributed by atoms with Crippen molar-refractivity contribution >= 4 is 16.0 Å². The molecule has 0 amide bonds. The molecule has 2 rings (SSSR count). The molecule has 0 spiro atoms. The van der Waals surface area contributed by atoms with E-state index in [1.54, 1.807) is 18.2 Å². The average Bonchev–Trinajstić information content (AvgIpc) is 2.54. The van der Waals surface area contributed by atoms with E-state index < -0.39 is 22.0 Å². The molecule has 21 heavy (non-hydrogen) atoms. The number of carbonyl (C=O) groups is 1. The van der Waals surface area contributed by atoms with Crippen LogP contribution in [0.4, 0.5) is 0 Å². The highest BCUT2D eigenvalue weighted by molar-refractivity contribution is 7.89. The first-order valence-electron chi connectivity index (χ1n) is 6.75. The fourth-order valence-electron chi connectivity index (χ4n) is 2.52. The van der Waals surface area contributed by atoms with Crippen molar-refractivity contribution in [2.24, 2.45) is 0 Å². The number of hydrogen-bond acceptors (Lipinski definition) is 5. The molecule has 0 aliphatic carbocycles. The summed E-state index contributed by atoms with van der Waals surface area (Å²) in [5.41, 5.74) is 0. The molecule has 0 bridgehead atoms. The molecule has 1 aliphatic rings. The third kappa shape index (κ3) is 3.03. The van der Waals surface area contributed by atoms with Gasteiger partial charge in [-0.1, -0.05) is 12.1 Å². The molecule has 0 unspecified atom stereocenters. The molecule has 0 N–H and O–H groups in total. The summed E-state index contributed by atoms with van der Waals surface area (Å²) in [4.78, 5) is 11.9. The van der Waals surface area contributed by atoms with Crippen molar-refractivity contribution in [3.63, 3.8) is 0 Å². The zero-order chi connectivity index (χ0) is 15.5. The fourth-order valence-corrected chi connectivity index (χ4v) is 4.33. The maximum absolute atomic E-state index is 12.8. The first kappa shape index (κ1) is 15.8. The molecular weight excluding hydrogens is 294 g/mol. The molecule has 1 heterocycles. The van der Waals surface area contributed by atoms with Crippen LogP contribution in [0.1, 0.15) is 19.3 Å². The molecule has 1 aromatic carbocycles. The van der Waals surface area contributed by atoms with Gasteiger partial charge in [-0.25, -0.2) is 8.42 Å². The predicted octanol–water partition coefficient (Wildman–Crippen LogP) is 1.41. The van der Waals surface area contributed by atoms with Crippen molar-refractivity contribution in [2.75, 3.05) is 20.8 Å². The number of benzene rings is 1. The summed E-state index contributed by atoms with van der Waals surface area (Å²) in [5.74, 6) is -0.250. The van der Waals surface area contributed by atoms with Gasteiger partial charge in [-0.15, -0.1) is 0 Å². The number of methoxy groups -OCH3 is 2. The molecule has 1 aliphatic heterocycles. The van der Waals surface area contributed by atoms with Crippen LogP contribution in [0.25, 0.3) is 0 Å². The Hall–Kier alpha value is -1.60. The van der Waals surface area contributed by atoms with E-state index in [0.717, 1.165) is 12.8 Å². The summed E-state index contributed by atoms with van der Waals surface area (Å²) in [6.45, 7) is 0.306. The Balaban J connectivity index is 2.43. The van der Waals surface area contributed by atoms with E-state index in [9.17, 15) is 13.2 Å². The van der Waals surface area contributed by atoms with Crippen molar-refractivity contribution in [2.45, 2.75) is 30.2 Å². The molecule has 116 valence electrons. The van der Waals surface area contributed by atoms with Crippen LogP contribution < -0.4 is 4.74 Å². The number of ether oxygens (including phenoxy) is 2. The zero-order valence-corrected chi connectivity index (χ0v) is 12.9. The topological polar surface area (TPSA) is 72.9 Å². The van der Waals surface area contributed by atoms with Gasteiger partial charge in [0.15, 0.2) is 0 Å². The average molecular weight is 313 g/mol. The second-order valence-corrected chi connectivity index (χ2v) is 6.66. The lowest BCUT2D eigenvalue weighted by Crippen LogP contribution is -2.48. The molecule has 6 nitrogen and oxygen atoms in total. The van der Waals surface area contributed by atoms with Gasteiger partial charge in [0.05, 0.1) is 14.2 Å². The van der Waals surface area contributed by atoms with E-state index in [4.69, 9.17) is 9.47 Å². The summed E-state index contributed by atoms with van der Waals surface area (Å²) >= 11 is 0. The van der Waals surface area contributed by atoms with E-state index in [2.05, 4.69) is 0 Å². The van der Waals surface area contributed by atoms with Gasteiger partial charge < -0.3 is 9.47 Å². The SMILES string of the molecule is COC(=O)[C@H]1CCCCN1S(=O)(=O)c1ccccc1OC. The lowest BCUT2D eigenvalue weighted by atomic mass is 10.1. The third-order valence-electron chi connectivity index (χ3n) is 3.58. The minimum Gasteiger partial charge on any atom is -0.495 e.